The maximum absolute atomic E-state index is 12.1. The van der Waals surface area contributed by atoms with E-state index in [0.717, 1.165) is 24.8 Å². The molecule has 5 heteroatoms. The van der Waals surface area contributed by atoms with Crippen LogP contribution in [0.25, 0.3) is 0 Å². The number of hydrogen-bond donors (Lipinski definition) is 0. The van der Waals surface area contributed by atoms with E-state index in [-0.39, 0.29) is 5.75 Å². The Hall–Kier alpha value is -0.580. The molecule has 1 fully saturated rings. The molecule has 0 bridgehead atoms. The highest BCUT2D eigenvalue weighted by molar-refractivity contribution is 7.88. The summed E-state index contributed by atoms with van der Waals surface area (Å²) < 4.78 is 25.9. The van der Waals surface area contributed by atoms with Gasteiger partial charge in [0.05, 0.1) is 5.75 Å². The fraction of sp³-hybridized carbons (Fsp3) is 0.500. The molecule has 0 unspecified atom stereocenters. The number of nitrogens with zero attached hydrogens (tertiary/aromatic N) is 1. The molecule has 0 N–H and O–H groups in total. The Labute approximate surface area is 107 Å². The third kappa shape index (κ3) is 3.44. The van der Waals surface area contributed by atoms with E-state index < -0.39 is 10.0 Å². The maximum Gasteiger partial charge on any atom is 0.218 e. The minimum atomic E-state index is -3.16. The summed E-state index contributed by atoms with van der Waals surface area (Å²) >= 11 is 5.77. The summed E-state index contributed by atoms with van der Waals surface area (Å²) in [6.07, 6.45) is 3.08. The van der Waals surface area contributed by atoms with E-state index in [2.05, 4.69) is 0 Å². The standard InChI is InChI=1S/C12H16ClNO2S/c13-12-6-4-11(5-7-12)10-17(15,16)14-8-2-1-3-9-14/h4-7H,1-3,8-10H2. The first-order valence-electron chi connectivity index (χ1n) is 5.80. The average Bonchev–Trinajstić information content (AvgIpc) is 2.33. The highest BCUT2D eigenvalue weighted by Crippen LogP contribution is 2.18. The van der Waals surface area contributed by atoms with Crippen LogP contribution in [-0.2, 0) is 15.8 Å². The van der Waals surface area contributed by atoms with E-state index >= 15 is 0 Å². The second-order valence-electron chi connectivity index (χ2n) is 4.34. The lowest BCUT2D eigenvalue weighted by Gasteiger charge is -2.25. The third-order valence-electron chi connectivity index (χ3n) is 2.97. The highest BCUT2D eigenvalue weighted by Gasteiger charge is 2.23. The number of benzene rings is 1. The Kier molecular flexibility index (Phi) is 4.07. The molecular weight excluding hydrogens is 258 g/mol. The topological polar surface area (TPSA) is 37.4 Å². The van der Waals surface area contributed by atoms with Gasteiger partial charge in [-0.25, -0.2) is 12.7 Å². The number of rotatable bonds is 3. The average molecular weight is 274 g/mol. The van der Waals surface area contributed by atoms with Gasteiger partial charge in [-0.3, -0.25) is 0 Å². The third-order valence-corrected chi connectivity index (χ3v) is 5.07. The van der Waals surface area contributed by atoms with E-state index in [1.165, 1.54) is 0 Å². The molecule has 0 atom stereocenters. The lowest BCUT2D eigenvalue weighted by Crippen LogP contribution is -2.36. The van der Waals surface area contributed by atoms with Crippen molar-refractivity contribution in [3.63, 3.8) is 0 Å². The zero-order valence-corrected chi connectivity index (χ0v) is 11.2. The zero-order valence-electron chi connectivity index (χ0n) is 9.60. The minimum Gasteiger partial charge on any atom is -0.212 e. The Balaban J connectivity index is 2.08. The van der Waals surface area contributed by atoms with Crippen molar-refractivity contribution >= 4 is 21.6 Å². The lowest BCUT2D eigenvalue weighted by molar-refractivity contribution is 0.346. The van der Waals surface area contributed by atoms with Gasteiger partial charge in [-0.1, -0.05) is 30.2 Å². The fourth-order valence-electron chi connectivity index (χ4n) is 2.03. The van der Waals surface area contributed by atoms with Gasteiger partial charge in [0.25, 0.3) is 0 Å². The van der Waals surface area contributed by atoms with Crippen LogP contribution in [0.3, 0.4) is 0 Å². The van der Waals surface area contributed by atoms with Gasteiger partial charge >= 0.3 is 0 Å². The van der Waals surface area contributed by atoms with Gasteiger partial charge in [0.15, 0.2) is 0 Å². The van der Waals surface area contributed by atoms with E-state index in [9.17, 15) is 8.42 Å². The first-order chi connectivity index (χ1) is 8.08. The molecule has 1 heterocycles. The van der Waals surface area contributed by atoms with Gasteiger partial charge in [-0.05, 0) is 30.5 Å². The summed E-state index contributed by atoms with van der Waals surface area (Å²) in [7, 11) is -3.16. The smallest absolute Gasteiger partial charge is 0.212 e. The van der Waals surface area contributed by atoms with Crippen LogP contribution in [0.15, 0.2) is 24.3 Å². The number of hydrogen-bond acceptors (Lipinski definition) is 2. The maximum atomic E-state index is 12.1. The van der Waals surface area contributed by atoms with E-state index in [1.807, 2.05) is 0 Å². The van der Waals surface area contributed by atoms with Gasteiger partial charge < -0.3 is 0 Å². The summed E-state index contributed by atoms with van der Waals surface area (Å²) in [5.74, 6) is 0.0736. The van der Waals surface area contributed by atoms with Gasteiger partial charge in [0, 0.05) is 18.1 Å². The minimum absolute atomic E-state index is 0.0736. The zero-order chi connectivity index (χ0) is 12.3. The van der Waals surface area contributed by atoms with E-state index in [0.29, 0.717) is 18.1 Å². The fourth-order valence-corrected chi connectivity index (χ4v) is 3.76. The number of piperidine rings is 1. The van der Waals surface area contributed by atoms with Gasteiger partial charge in [0.2, 0.25) is 10.0 Å². The molecule has 1 aliphatic rings. The normalized spacial score (nSPS) is 18.2. The molecule has 0 saturated carbocycles. The lowest BCUT2D eigenvalue weighted by atomic mass is 10.2. The van der Waals surface area contributed by atoms with Crippen molar-refractivity contribution in [1.29, 1.82) is 0 Å². The molecule has 0 radical (unpaired) electrons. The molecule has 17 heavy (non-hydrogen) atoms. The van der Waals surface area contributed by atoms with Crippen molar-refractivity contribution in [3.8, 4) is 0 Å². The number of sulfonamides is 1. The van der Waals surface area contributed by atoms with Crippen LogP contribution in [0.2, 0.25) is 5.02 Å². The Morgan fingerprint density at radius 1 is 1.06 bits per heavy atom. The van der Waals surface area contributed by atoms with Crippen LogP contribution in [0.4, 0.5) is 0 Å². The molecular formula is C12H16ClNO2S. The van der Waals surface area contributed by atoms with Crippen molar-refractivity contribution in [2.75, 3.05) is 13.1 Å². The summed E-state index contributed by atoms with van der Waals surface area (Å²) in [5.41, 5.74) is 0.792. The van der Waals surface area contributed by atoms with Crippen LogP contribution >= 0.6 is 11.6 Å². The molecule has 1 aromatic carbocycles. The van der Waals surface area contributed by atoms with Crippen molar-refractivity contribution in [2.24, 2.45) is 0 Å². The second-order valence-corrected chi connectivity index (χ2v) is 6.75. The molecule has 1 aliphatic heterocycles. The largest absolute Gasteiger partial charge is 0.218 e. The molecule has 2 rings (SSSR count). The first kappa shape index (κ1) is 12.9. The van der Waals surface area contributed by atoms with Crippen LogP contribution < -0.4 is 0 Å². The Bertz CT molecular complexity index is 464. The molecule has 0 aliphatic carbocycles. The summed E-state index contributed by atoms with van der Waals surface area (Å²) in [6, 6.07) is 6.99. The van der Waals surface area contributed by atoms with Gasteiger partial charge in [-0.15, -0.1) is 0 Å². The van der Waals surface area contributed by atoms with Gasteiger partial charge in [-0.2, -0.15) is 0 Å². The summed E-state index contributed by atoms with van der Waals surface area (Å²) in [6.45, 7) is 1.33. The van der Waals surface area contributed by atoms with Crippen molar-refractivity contribution < 1.29 is 8.42 Å². The Morgan fingerprint density at radius 3 is 2.24 bits per heavy atom. The van der Waals surface area contributed by atoms with Crippen molar-refractivity contribution in [3.05, 3.63) is 34.9 Å². The van der Waals surface area contributed by atoms with Crippen molar-refractivity contribution in [2.45, 2.75) is 25.0 Å². The van der Waals surface area contributed by atoms with Crippen LogP contribution in [0.1, 0.15) is 24.8 Å². The quantitative estimate of drug-likeness (QED) is 0.849. The molecule has 0 spiro atoms. The van der Waals surface area contributed by atoms with Crippen molar-refractivity contribution in [1.82, 2.24) is 4.31 Å². The monoisotopic (exact) mass is 273 g/mol. The highest BCUT2D eigenvalue weighted by atomic mass is 35.5. The Morgan fingerprint density at radius 2 is 1.65 bits per heavy atom. The predicted octanol–water partition coefficient (Wildman–Crippen LogP) is 2.66. The molecule has 1 saturated heterocycles. The number of halogens is 1. The molecule has 1 aromatic rings. The van der Waals surface area contributed by atoms with Gasteiger partial charge in [0.1, 0.15) is 0 Å². The molecule has 0 aromatic heterocycles. The molecule has 3 nitrogen and oxygen atoms in total. The first-order valence-corrected chi connectivity index (χ1v) is 7.79. The molecule has 0 amide bonds. The second kappa shape index (κ2) is 5.38. The van der Waals surface area contributed by atoms with E-state index in [1.54, 1.807) is 28.6 Å². The predicted molar refractivity (Wildman–Crippen MR) is 69.5 cm³/mol. The summed E-state index contributed by atoms with van der Waals surface area (Å²) in [5, 5.41) is 0.629. The van der Waals surface area contributed by atoms with Crippen LogP contribution in [0.5, 0.6) is 0 Å². The van der Waals surface area contributed by atoms with Crippen LogP contribution in [0, 0.1) is 0 Å². The summed E-state index contributed by atoms with van der Waals surface area (Å²) in [4.78, 5) is 0. The van der Waals surface area contributed by atoms with Crippen LogP contribution in [-0.4, -0.2) is 25.8 Å². The van der Waals surface area contributed by atoms with E-state index in [4.69, 9.17) is 11.6 Å². The molecule has 94 valence electrons. The SMILES string of the molecule is O=S(=O)(Cc1ccc(Cl)cc1)N1CCCCC1.